The van der Waals surface area contributed by atoms with Gasteiger partial charge in [-0.25, -0.2) is 25.3 Å². The van der Waals surface area contributed by atoms with Gasteiger partial charge >= 0.3 is 35.8 Å². The lowest BCUT2D eigenvalue weighted by Gasteiger charge is -2.49. The fourth-order valence-electron chi connectivity index (χ4n) is 9.14. The number of carbonyl (C=O) groups excluding carboxylic acids is 6. The van der Waals surface area contributed by atoms with Gasteiger partial charge in [0.25, 0.3) is 0 Å². The van der Waals surface area contributed by atoms with Gasteiger partial charge in [-0.2, -0.15) is 0 Å². The van der Waals surface area contributed by atoms with E-state index in [1.165, 1.54) is 54.3 Å². The summed E-state index contributed by atoms with van der Waals surface area (Å²) in [6.45, 7) is 9.64. The molecule has 0 aromatic carbocycles. The van der Waals surface area contributed by atoms with E-state index in [2.05, 4.69) is 28.4 Å². The SMILES string of the molecule is C.C.C.C1C2CC3CC1CC(C2)C3.C1C2CC3CC1CC(C2)C3.CC.CC.CC(=O)OCOC(=O)CS(=O)(=O)[O-].CC(=O)OCOC(=O)CS(=O)(=O)[O-].CCC(=O)OCOC(=O)CS(=O)(=O)[O-]. The summed E-state index contributed by atoms with van der Waals surface area (Å²) in [6, 6.07) is 0. The second kappa shape index (κ2) is 35.6. The smallest absolute Gasteiger partial charge is 0.322 e. The van der Waals surface area contributed by atoms with Crippen LogP contribution in [0.1, 0.15) is 154 Å². The van der Waals surface area contributed by atoms with Crippen LogP contribution in [0.3, 0.4) is 0 Å². The normalized spacial score (nSPS) is 23.7. The predicted molar refractivity (Wildman–Crippen MR) is 243 cm³/mol. The minimum atomic E-state index is -4.64. The van der Waals surface area contributed by atoms with Crippen molar-refractivity contribution in [1.29, 1.82) is 0 Å². The summed E-state index contributed by atoms with van der Waals surface area (Å²) < 4.78 is 115. The van der Waals surface area contributed by atoms with Crippen LogP contribution in [0.5, 0.6) is 0 Å². The molecule has 8 aliphatic rings. The third kappa shape index (κ3) is 36.2. The molecule has 0 aliphatic heterocycles. The number of rotatable bonds is 13. The molecular weight excluding hydrogens is 949 g/mol. The molecule has 67 heavy (non-hydrogen) atoms. The molecule has 0 N–H and O–H groups in total. The molecule has 0 aromatic rings. The van der Waals surface area contributed by atoms with E-state index >= 15 is 0 Å². The zero-order chi connectivity index (χ0) is 49.3. The van der Waals surface area contributed by atoms with Gasteiger partial charge in [0.15, 0.2) is 0 Å². The molecule has 0 aromatic heterocycles. The van der Waals surface area contributed by atoms with Crippen molar-refractivity contribution in [3.63, 3.8) is 0 Å². The monoisotopic (exact) mass is 1030 g/mol. The maximum atomic E-state index is 10.5. The highest BCUT2D eigenvalue weighted by atomic mass is 32.2. The second-order valence-electron chi connectivity index (χ2n) is 15.9. The number of carbonyl (C=O) groups is 6. The highest BCUT2D eigenvalue weighted by Crippen LogP contribution is 2.54. The summed E-state index contributed by atoms with van der Waals surface area (Å²) in [5.74, 6) is -0.103. The van der Waals surface area contributed by atoms with E-state index in [0.717, 1.165) is 13.8 Å². The number of hydrogen-bond acceptors (Lipinski definition) is 21. The van der Waals surface area contributed by atoms with Crippen molar-refractivity contribution in [2.75, 3.05) is 37.6 Å². The van der Waals surface area contributed by atoms with Crippen LogP contribution in [0, 0.1) is 47.3 Å². The maximum absolute atomic E-state index is 10.5. The van der Waals surface area contributed by atoms with Crippen LogP contribution in [0.25, 0.3) is 0 Å². The van der Waals surface area contributed by atoms with Crippen molar-refractivity contribution in [2.45, 2.75) is 154 Å². The molecule has 398 valence electrons. The molecule has 21 nitrogen and oxygen atoms in total. The number of esters is 6. The topological polar surface area (TPSA) is 329 Å². The third-order valence-electron chi connectivity index (χ3n) is 10.6. The molecule has 0 unspecified atom stereocenters. The predicted octanol–water partition coefficient (Wildman–Crippen LogP) is 5.80. The zero-order valence-electron chi connectivity index (χ0n) is 37.9. The van der Waals surface area contributed by atoms with E-state index in [1.54, 1.807) is 77.0 Å². The van der Waals surface area contributed by atoms with E-state index in [4.69, 9.17) is 0 Å². The first-order valence-corrected chi connectivity index (χ1v) is 26.2. The minimum absolute atomic E-state index is 0. The zero-order valence-corrected chi connectivity index (χ0v) is 40.3. The van der Waals surface area contributed by atoms with E-state index in [1.807, 2.05) is 27.7 Å². The van der Waals surface area contributed by atoms with Crippen LogP contribution in [0.15, 0.2) is 0 Å². The first-order valence-electron chi connectivity index (χ1n) is 21.5. The molecule has 0 atom stereocenters. The molecule has 0 spiro atoms. The largest absolute Gasteiger partial charge is 0.748 e. The molecule has 0 heterocycles. The Morgan fingerprint density at radius 2 is 0.537 bits per heavy atom. The van der Waals surface area contributed by atoms with Gasteiger partial charge in [0, 0.05) is 20.3 Å². The molecule has 0 amide bonds. The summed E-state index contributed by atoms with van der Waals surface area (Å²) >= 11 is 0. The Labute approximate surface area is 400 Å². The maximum Gasteiger partial charge on any atom is 0.322 e. The molecule has 8 saturated carbocycles. The Kier molecular flexibility index (Phi) is 37.3. The second-order valence-corrected chi connectivity index (χ2v) is 20.1. The van der Waals surface area contributed by atoms with Gasteiger partial charge in [0.1, 0.15) is 47.6 Å². The minimum Gasteiger partial charge on any atom is -0.748 e. The van der Waals surface area contributed by atoms with E-state index in [0.29, 0.717) is 0 Å². The van der Waals surface area contributed by atoms with Gasteiger partial charge in [0.05, 0.1) is 0 Å². The summed E-state index contributed by atoms with van der Waals surface area (Å²) in [7, 11) is -13.9. The Hall–Kier alpha value is -3.45. The molecule has 0 saturated heterocycles. The fourth-order valence-corrected chi connectivity index (χ4v) is 10.3. The van der Waals surface area contributed by atoms with Crippen LogP contribution in [0.2, 0.25) is 0 Å². The lowest BCUT2D eigenvalue weighted by Crippen LogP contribution is -2.38. The molecule has 8 rings (SSSR count). The van der Waals surface area contributed by atoms with Crippen molar-refractivity contribution in [2.24, 2.45) is 47.3 Å². The van der Waals surface area contributed by atoms with Crippen molar-refractivity contribution in [3.05, 3.63) is 0 Å². The lowest BCUT2D eigenvalue weighted by molar-refractivity contribution is -0.166. The lowest BCUT2D eigenvalue weighted by atomic mass is 9.56. The average molecular weight is 1030 g/mol. The van der Waals surface area contributed by atoms with Gasteiger partial charge in [-0.05, 0) is 124 Å². The van der Waals surface area contributed by atoms with Gasteiger partial charge in [0.2, 0.25) is 20.4 Å². The summed E-state index contributed by atoms with van der Waals surface area (Å²) in [5.41, 5.74) is 0. The van der Waals surface area contributed by atoms with Gasteiger partial charge < -0.3 is 42.1 Å². The van der Waals surface area contributed by atoms with Crippen molar-refractivity contribution in [3.8, 4) is 0 Å². The molecular formula is C43H79O21S3-3. The van der Waals surface area contributed by atoms with Gasteiger partial charge in [-0.15, -0.1) is 0 Å². The number of ether oxygens (including phenoxy) is 6. The quantitative estimate of drug-likeness (QED) is 0.0910. The van der Waals surface area contributed by atoms with Crippen LogP contribution in [-0.4, -0.2) is 112 Å². The molecule has 8 aliphatic carbocycles. The van der Waals surface area contributed by atoms with E-state index in [-0.39, 0.29) is 28.7 Å². The Morgan fingerprint density at radius 3 is 0.687 bits per heavy atom. The first-order chi connectivity index (χ1) is 29.8. The van der Waals surface area contributed by atoms with E-state index in [9.17, 15) is 67.7 Å². The molecule has 0 radical (unpaired) electrons. The standard InChI is InChI=1S/2C10H16.C6H10O7S.2C5H8O7S.2C2H6.3CH4/c2*1-7-2-9-4-8(1)5-10(3-7)6-9;1-2-5(7)12-4-13-6(8)3-14(9,10)11;2*1-4(6)11-3-12-5(7)2-13(8,9)10;2*1-2;;;/h2*7-10H,1-6H2;2-4H2,1H3,(H,9,10,11);2*2-3H2,1H3,(H,8,9,10);2*1-2H3;3*1H4/p-3. The summed E-state index contributed by atoms with van der Waals surface area (Å²) in [4.78, 5) is 62.1. The highest BCUT2D eigenvalue weighted by Gasteiger charge is 2.42. The van der Waals surface area contributed by atoms with E-state index < -0.39 is 104 Å². The van der Waals surface area contributed by atoms with Crippen LogP contribution >= 0.6 is 0 Å². The fraction of sp³-hybridized carbons (Fsp3) is 0.860. The van der Waals surface area contributed by atoms with Crippen LogP contribution < -0.4 is 0 Å². The van der Waals surface area contributed by atoms with Gasteiger partial charge in [-0.3, -0.25) is 28.8 Å². The summed E-state index contributed by atoms with van der Waals surface area (Å²) in [5, 5.41) is 0. The molecule has 8 fully saturated rings. The van der Waals surface area contributed by atoms with Crippen LogP contribution in [-0.2, 0) is 87.5 Å². The van der Waals surface area contributed by atoms with Crippen molar-refractivity contribution < 1.29 is 96.1 Å². The van der Waals surface area contributed by atoms with Crippen molar-refractivity contribution in [1.82, 2.24) is 0 Å². The molecule has 24 heteroatoms. The van der Waals surface area contributed by atoms with Crippen LogP contribution in [0.4, 0.5) is 0 Å². The van der Waals surface area contributed by atoms with Gasteiger partial charge in [-0.1, -0.05) is 56.9 Å². The highest BCUT2D eigenvalue weighted by molar-refractivity contribution is 7.86. The first kappa shape index (κ1) is 70.1. The number of hydrogen-bond donors (Lipinski definition) is 0. The summed E-state index contributed by atoms with van der Waals surface area (Å²) in [6.07, 6.45) is 19.4. The van der Waals surface area contributed by atoms with Crippen molar-refractivity contribution >= 4 is 66.2 Å². The Balaban J connectivity index is -0.000000360. The molecule has 8 bridgehead atoms. The average Bonchev–Trinajstić information content (AvgIpc) is 3.14. The third-order valence-corrected chi connectivity index (χ3v) is 12.3. The Bertz CT molecular complexity index is 1580. The Morgan fingerprint density at radius 1 is 0.373 bits per heavy atom.